The molecule has 5 heteroatoms. The molecule has 1 aliphatic rings. The van der Waals surface area contributed by atoms with E-state index in [1.807, 2.05) is 36.4 Å². The van der Waals surface area contributed by atoms with Crippen LogP contribution in [0.2, 0.25) is 0 Å². The molecule has 0 radical (unpaired) electrons. The molecule has 1 atom stereocenters. The van der Waals surface area contributed by atoms with Crippen molar-refractivity contribution in [3.8, 4) is 0 Å². The standard InChI is InChI=1S/C18H21N3O2/c1-13(15-5-2-4-14(10-15)12-22)20-17-8-7-16(11-19-17)21-9-3-6-18(21)23/h2,4-5,7-8,10-11,13,22H,3,6,9,12H2,1H3,(H,19,20). The fourth-order valence-corrected chi connectivity index (χ4v) is 2.82. The van der Waals surface area contributed by atoms with Gasteiger partial charge in [-0.15, -0.1) is 0 Å². The molecular weight excluding hydrogens is 290 g/mol. The van der Waals surface area contributed by atoms with Crippen LogP contribution >= 0.6 is 0 Å². The SMILES string of the molecule is CC(Nc1ccc(N2CCCC2=O)cn1)c1cccc(CO)c1. The zero-order chi connectivity index (χ0) is 16.2. The summed E-state index contributed by atoms with van der Waals surface area (Å²) in [5.41, 5.74) is 2.84. The molecule has 0 bridgehead atoms. The molecule has 0 spiro atoms. The number of hydrogen-bond donors (Lipinski definition) is 2. The number of pyridine rings is 1. The molecule has 2 N–H and O–H groups in total. The van der Waals surface area contributed by atoms with E-state index in [2.05, 4.69) is 17.2 Å². The van der Waals surface area contributed by atoms with Crippen LogP contribution in [0.1, 0.15) is 36.9 Å². The van der Waals surface area contributed by atoms with E-state index in [1.54, 1.807) is 11.1 Å². The van der Waals surface area contributed by atoms with Crippen LogP contribution in [0, 0.1) is 0 Å². The lowest BCUT2D eigenvalue weighted by atomic mass is 10.1. The number of aliphatic hydroxyl groups is 1. The molecule has 5 nitrogen and oxygen atoms in total. The van der Waals surface area contributed by atoms with Gasteiger partial charge >= 0.3 is 0 Å². The van der Waals surface area contributed by atoms with Crippen LogP contribution in [0.15, 0.2) is 42.6 Å². The molecule has 1 unspecified atom stereocenters. The van der Waals surface area contributed by atoms with Crippen molar-refractivity contribution in [1.82, 2.24) is 4.98 Å². The van der Waals surface area contributed by atoms with Crippen molar-refractivity contribution in [3.05, 3.63) is 53.7 Å². The highest BCUT2D eigenvalue weighted by molar-refractivity contribution is 5.95. The van der Waals surface area contributed by atoms with Crippen molar-refractivity contribution in [3.63, 3.8) is 0 Å². The van der Waals surface area contributed by atoms with E-state index in [0.29, 0.717) is 6.42 Å². The first kappa shape index (κ1) is 15.5. The Morgan fingerprint density at radius 1 is 1.35 bits per heavy atom. The zero-order valence-corrected chi connectivity index (χ0v) is 13.2. The second kappa shape index (κ2) is 6.79. The number of aromatic nitrogens is 1. The molecule has 3 rings (SSSR count). The third-order valence-electron chi connectivity index (χ3n) is 4.13. The van der Waals surface area contributed by atoms with E-state index in [9.17, 15) is 9.90 Å². The lowest BCUT2D eigenvalue weighted by molar-refractivity contribution is -0.117. The smallest absolute Gasteiger partial charge is 0.227 e. The maximum atomic E-state index is 11.7. The second-order valence-corrected chi connectivity index (χ2v) is 5.82. The minimum atomic E-state index is 0.0391. The molecule has 0 saturated carbocycles. The molecule has 2 heterocycles. The number of anilines is 2. The van der Waals surface area contributed by atoms with Crippen LogP contribution in [0.25, 0.3) is 0 Å². The highest BCUT2D eigenvalue weighted by Crippen LogP contribution is 2.23. The van der Waals surface area contributed by atoms with Crippen molar-refractivity contribution < 1.29 is 9.90 Å². The normalized spacial score (nSPS) is 15.7. The third-order valence-corrected chi connectivity index (χ3v) is 4.13. The monoisotopic (exact) mass is 311 g/mol. The van der Waals surface area contributed by atoms with E-state index < -0.39 is 0 Å². The van der Waals surface area contributed by atoms with Crippen molar-refractivity contribution in [2.75, 3.05) is 16.8 Å². The van der Waals surface area contributed by atoms with E-state index in [0.717, 1.165) is 35.6 Å². The van der Waals surface area contributed by atoms with Gasteiger partial charge in [-0.3, -0.25) is 4.79 Å². The summed E-state index contributed by atoms with van der Waals surface area (Å²) in [5, 5.41) is 12.6. The van der Waals surface area contributed by atoms with Gasteiger partial charge in [0.2, 0.25) is 5.91 Å². The number of benzene rings is 1. The lowest BCUT2D eigenvalue weighted by Crippen LogP contribution is -2.23. The van der Waals surface area contributed by atoms with Crippen LogP contribution in [0.3, 0.4) is 0 Å². The Hall–Kier alpha value is -2.40. The molecule has 1 saturated heterocycles. The predicted molar refractivity (Wildman–Crippen MR) is 90.2 cm³/mol. The summed E-state index contributed by atoms with van der Waals surface area (Å²) in [6.45, 7) is 2.87. The maximum Gasteiger partial charge on any atom is 0.227 e. The van der Waals surface area contributed by atoms with Gasteiger partial charge in [0.15, 0.2) is 0 Å². The summed E-state index contributed by atoms with van der Waals surface area (Å²) in [6.07, 6.45) is 3.28. The second-order valence-electron chi connectivity index (χ2n) is 5.82. The first-order valence-electron chi connectivity index (χ1n) is 7.90. The molecule has 1 aromatic heterocycles. The van der Waals surface area contributed by atoms with Gasteiger partial charge in [0.1, 0.15) is 5.82 Å². The number of nitrogens with one attached hydrogen (secondary N) is 1. The average molecular weight is 311 g/mol. The largest absolute Gasteiger partial charge is 0.392 e. The molecule has 23 heavy (non-hydrogen) atoms. The highest BCUT2D eigenvalue weighted by atomic mass is 16.3. The van der Waals surface area contributed by atoms with Gasteiger partial charge in [0.25, 0.3) is 0 Å². The first-order chi connectivity index (χ1) is 11.2. The van der Waals surface area contributed by atoms with Crippen LogP contribution < -0.4 is 10.2 Å². The van der Waals surface area contributed by atoms with Crippen molar-refractivity contribution in [2.24, 2.45) is 0 Å². The van der Waals surface area contributed by atoms with Crippen LogP contribution in [0.5, 0.6) is 0 Å². The summed E-state index contributed by atoms with van der Waals surface area (Å²) < 4.78 is 0. The molecule has 1 amide bonds. The van der Waals surface area contributed by atoms with Crippen LogP contribution in [-0.2, 0) is 11.4 Å². The maximum absolute atomic E-state index is 11.7. The Balaban J connectivity index is 1.69. The topological polar surface area (TPSA) is 65.5 Å². The molecule has 1 aromatic carbocycles. The summed E-state index contributed by atoms with van der Waals surface area (Å²) >= 11 is 0. The number of rotatable bonds is 5. The average Bonchev–Trinajstić information content (AvgIpc) is 3.01. The number of carbonyl (C=O) groups is 1. The Morgan fingerprint density at radius 3 is 2.87 bits per heavy atom. The number of carbonyl (C=O) groups excluding carboxylic acids is 1. The van der Waals surface area contributed by atoms with Crippen molar-refractivity contribution >= 4 is 17.4 Å². The van der Waals surface area contributed by atoms with Crippen molar-refractivity contribution in [1.29, 1.82) is 0 Å². The highest BCUT2D eigenvalue weighted by Gasteiger charge is 2.21. The Labute approximate surface area is 136 Å². The minimum Gasteiger partial charge on any atom is -0.392 e. The van der Waals surface area contributed by atoms with Crippen LogP contribution in [-0.4, -0.2) is 22.5 Å². The molecule has 120 valence electrons. The number of nitrogens with zero attached hydrogens (tertiary/aromatic N) is 2. The summed E-state index contributed by atoms with van der Waals surface area (Å²) in [7, 11) is 0. The first-order valence-corrected chi connectivity index (χ1v) is 7.90. The quantitative estimate of drug-likeness (QED) is 0.891. The predicted octanol–water partition coefficient (Wildman–Crippen LogP) is 2.87. The summed E-state index contributed by atoms with van der Waals surface area (Å²) in [6, 6.07) is 11.7. The van der Waals surface area contributed by atoms with Gasteiger partial charge in [0.05, 0.1) is 18.5 Å². The summed E-state index contributed by atoms with van der Waals surface area (Å²) in [4.78, 5) is 17.9. The van der Waals surface area contributed by atoms with Gasteiger partial charge in [-0.25, -0.2) is 4.98 Å². The zero-order valence-electron chi connectivity index (χ0n) is 13.2. The minimum absolute atomic E-state index is 0.0391. The van der Waals surface area contributed by atoms with Gasteiger partial charge in [-0.05, 0) is 36.6 Å². The van der Waals surface area contributed by atoms with Gasteiger partial charge in [-0.2, -0.15) is 0 Å². The van der Waals surface area contributed by atoms with Crippen LogP contribution in [0.4, 0.5) is 11.5 Å². The molecular formula is C18H21N3O2. The Kier molecular flexibility index (Phi) is 4.57. The number of hydrogen-bond acceptors (Lipinski definition) is 4. The van der Waals surface area contributed by atoms with Crippen molar-refractivity contribution in [2.45, 2.75) is 32.4 Å². The van der Waals surface area contributed by atoms with Gasteiger partial charge in [0, 0.05) is 19.0 Å². The Morgan fingerprint density at radius 2 is 2.22 bits per heavy atom. The fourth-order valence-electron chi connectivity index (χ4n) is 2.82. The van der Waals surface area contributed by atoms with E-state index in [1.165, 1.54) is 0 Å². The number of amides is 1. The van der Waals surface area contributed by atoms with Gasteiger partial charge < -0.3 is 15.3 Å². The summed E-state index contributed by atoms with van der Waals surface area (Å²) in [5.74, 6) is 0.934. The van der Waals surface area contributed by atoms with E-state index in [-0.39, 0.29) is 18.6 Å². The molecule has 0 aliphatic carbocycles. The molecule has 1 fully saturated rings. The van der Waals surface area contributed by atoms with E-state index in [4.69, 9.17) is 0 Å². The lowest BCUT2D eigenvalue weighted by Gasteiger charge is -2.18. The molecule has 2 aromatic rings. The fraction of sp³-hybridized carbons (Fsp3) is 0.333. The molecule has 1 aliphatic heterocycles. The Bertz CT molecular complexity index is 685. The number of aliphatic hydroxyl groups excluding tert-OH is 1. The van der Waals surface area contributed by atoms with Gasteiger partial charge in [-0.1, -0.05) is 24.3 Å². The van der Waals surface area contributed by atoms with E-state index >= 15 is 0 Å². The third kappa shape index (κ3) is 3.51.